The molecule has 1 aromatic rings. The lowest BCUT2D eigenvalue weighted by atomic mass is 10.1. The normalized spacial score (nSPS) is 18.9. The van der Waals surface area contributed by atoms with Gasteiger partial charge in [-0.3, -0.25) is 4.99 Å². The molecule has 1 aliphatic heterocycles. The van der Waals surface area contributed by atoms with E-state index in [1.54, 1.807) is 17.8 Å². The number of amidine groups is 1. The highest BCUT2D eigenvalue weighted by Crippen LogP contribution is 2.29. The number of thioether (sulfide) groups is 1. The number of halogens is 1. The Balaban J connectivity index is 2.04. The maximum atomic E-state index is 13.3. The van der Waals surface area contributed by atoms with Gasteiger partial charge in [-0.1, -0.05) is 25.6 Å². The van der Waals surface area contributed by atoms with Gasteiger partial charge in [0.1, 0.15) is 11.6 Å². The van der Waals surface area contributed by atoms with Crippen LogP contribution in [0.4, 0.5) is 10.1 Å². The largest absolute Gasteiger partial charge is 0.497 e. The predicted octanol–water partition coefficient (Wildman–Crippen LogP) is 3.37. The number of hydrogen-bond donors (Lipinski definition) is 1. The van der Waals surface area contributed by atoms with E-state index in [-0.39, 0.29) is 5.82 Å². The maximum absolute atomic E-state index is 13.3. The molecule has 3 nitrogen and oxygen atoms in total. The number of aliphatic imine (C=N–C) groups is 1. The van der Waals surface area contributed by atoms with Crippen molar-refractivity contribution in [3.63, 3.8) is 0 Å². The third kappa shape index (κ3) is 3.16. The average molecular weight is 268 g/mol. The fourth-order valence-electron chi connectivity index (χ4n) is 1.68. The zero-order valence-corrected chi connectivity index (χ0v) is 11.6. The van der Waals surface area contributed by atoms with Crippen LogP contribution < -0.4 is 10.1 Å². The molecule has 18 heavy (non-hydrogen) atoms. The van der Waals surface area contributed by atoms with Crippen molar-refractivity contribution in [2.45, 2.75) is 19.1 Å². The van der Waals surface area contributed by atoms with Crippen LogP contribution >= 0.6 is 11.8 Å². The Kier molecular flexibility index (Phi) is 4.11. The average Bonchev–Trinajstić information content (AvgIpc) is 2.76. The van der Waals surface area contributed by atoms with E-state index in [4.69, 9.17) is 4.74 Å². The Labute approximate surface area is 111 Å². The molecule has 5 heteroatoms. The highest BCUT2D eigenvalue weighted by Gasteiger charge is 2.22. The summed E-state index contributed by atoms with van der Waals surface area (Å²) in [4.78, 5) is 4.42. The zero-order valence-electron chi connectivity index (χ0n) is 10.7. The number of ether oxygens (including phenoxy) is 1. The fraction of sp³-hybridized carbons (Fsp3) is 0.462. The van der Waals surface area contributed by atoms with Crippen LogP contribution in [-0.4, -0.2) is 24.1 Å². The molecule has 98 valence electrons. The first-order chi connectivity index (χ1) is 8.58. The lowest BCUT2D eigenvalue weighted by molar-refractivity contribution is 0.411. The molecule has 1 aliphatic rings. The third-order valence-electron chi connectivity index (χ3n) is 2.78. The van der Waals surface area contributed by atoms with Crippen LogP contribution in [0.2, 0.25) is 0 Å². The molecule has 0 bridgehead atoms. The second-order valence-electron chi connectivity index (χ2n) is 4.55. The smallest absolute Gasteiger partial charge is 0.161 e. The van der Waals surface area contributed by atoms with E-state index in [0.29, 0.717) is 22.6 Å². The predicted molar refractivity (Wildman–Crippen MR) is 75.1 cm³/mol. The molecule has 1 atom stereocenters. The van der Waals surface area contributed by atoms with Crippen molar-refractivity contribution in [2.75, 3.05) is 19.0 Å². The highest BCUT2D eigenvalue weighted by atomic mass is 32.2. The quantitative estimate of drug-likeness (QED) is 0.912. The molecule has 1 heterocycles. The van der Waals surface area contributed by atoms with Gasteiger partial charge in [0.05, 0.1) is 13.7 Å². The summed E-state index contributed by atoms with van der Waals surface area (Å²) in [7, 11) is 1.52. The van der Waals surface area contributed by atoms with E-state index < -0.39 is 0 Å². The lowest BCUT2D eigenvalue weighted by Crippen LogP contribution is -2.13. The molecule has 0 saturated carbocycles. The van der Waals surface area contributed by atoms with E-state index >= 15 is 0 Å². The molecule has 0 fully saturated rings. The number of methoxy groups -OCH3 is 1. The molecule has 0 aromatic heterocycles. The van der Waals surface area contributed by atoms with Gasteiger partial charge in [0.25, 0.3) is 0 Å². The van der Waals surface area contributed by atoms with Crippen LogP contribution in [-0.2, 0) is 0 Å². The molecule has 0 spiro atoms. The van der Waals surface area contributed by atoms with Gasteiger partial charge >= 0.3 is 0 Å². The molecule has 1 unspecified atom stereocenters. The van der Waals surface area contributed by atoms with Gasteiger partial charge < -0.3 is 10.1 Å². The Morgan fingerprint density at radius 2 is 2.22 bits per heavy atom. The number of benzene rings is 1. The Morgan fingerprint density at radius 3 is 2.83 bits per heavy atom. The number of nitrogens with one attached hydrogen (secondary N) is 1. The Morgan fingerprint density at radius 1 is 1.44 bits per heavy atom. The molecule has 0 amide bonds. The molecule has 1 N–H and O–H groups in total. The van der Waals surface area contributed by atoms with Crippen molar-refractivity contribution in [3.8, 4) is 5.75 Å². The first kappa shape index (κ1) is 13.2. The summed E-state index contributed by atoms with van der Waals surface area (Å²) in [6.07, 6.45) is 0. The van der Waals surface area contributed by atoms with Crippen molar-refractivity contribution in [1.82, 2.24) is 0 Å². The first-order valence-electron chi connectivity index (χ1n) is 5.91. The summed E-state index contributed by atoms with van der Waals surface area (Å²) in [5, 5.41) is 4.49. The van der Waals surface area contributed by atoms with Crippen molar-refractivity contribution in [1.29, 1.82) is 0 Å². The highest BCUT2D eigenvalue weighted by molar-refractivity contribution is 8.15. The van der Waals surface area contributed by atoms with Crippen LogP contribution in [0.15, 0.2) is 23.2 Å². The Hall–Kier alpha value is -1.23. The van der Waals surface area contributed by atoms with Crippen LogP contribution in [0.3, 0.4) is 0 Å². The van der Waals surface area contributed by atoms with E-state index in [0.717, 1.165) is 11.7 Å². The monoisotopic (exact) mass is 268 g/mol. The summed E-state index contributed by atoms with van der Waals surface area (Å²) in [6, 6.07) is 4.55. The fourth-order valence-corrected chi connectivity index (χ4v) is 2.72. The molecule has 2 rings (SSSR count). The van der Waals surface area contributed by atoms with Crippen LogP contribution in [0, 0.1) is 11.7 Å². The van der Waals surface area contributed by atoms with Gasteiger partial charge in [0, 0.05) is 23.1 Å². The minimum absolute atomic E-state index is 0.319. The molecular weight excluding hydrogens is 251 g/mol. The minimum atomic E-state index is -0.319. The SMILES string of the molecule is COc1cc(F)cc(NC2=NCC(C(C)C)S2)c1. The number of rotatable bonds is 3. The maximum Gasteiger partial charge on any atom is 0.161 e. The Bertz CT molecular complexity index is 462. The molecular formula is C13H17FN2OS. The third-order valence-corrected chi connectivity index (χ3v) is 4.23. The topological polar surface area (TPSA) is 33.6 Å². The van der Waals surface area contributed by atoms with Crippen LogP contribution in [0.25, 0.3) is 0 Å². The number of nitrogens with zero attached hydrogens (tertiary/aromatic N) is 1. The lowest BCUT2D eigenvalue weighted by Gasteiger charge is -2.12. The standard InChI is InChI=1S/C13H17FN2OS/c1-8(2)12-7-15-13(18-12)16-10-4-9(14)5-11(6-10)17-3/h4-6,8,12H,7H2,1-3H3,(H,15,16). The molecule has 0 radical (unpaired) electrons. The van der Waals surface area contributed by atoms with Gasteiger partial charge in [0.2, 0.25) is 0 Å². The van der Waals surface area contributed by atoms with E-state index in [1.165, 1.54) is 19.2 Å². The second-order valence-corrected chi connectivity index (χ2v) is 5.78. The molecule has 0 aliphatic carbocycles. The summed E-state index contributed by atoms with van der Waals surface area (Å²) in [5.74, 6) is 0.766. The number of hydrogen-bond acceptors (Lipinski definition) is 4. The minimum Gasteiger partial charge on any atom is -0.497 e. The van der Waals surface area contributed by atoms with Gasteiger partial charge in [0.15, 0.2) is 5.17 Å². The second kappa shape index (κ2) is 5.61. The zero-order chi connectivity index (χ0) is 13.1. The van der Waals surface area contributed by atoms with Crippen LogP contribution in [0.5, 0.6) is 5.75 Å². The van der Waals surface area contributed by atoms with E-state index in [9.17, 15) is 4.39 Å². The number of anilines is 1. The molecule has 0 saturated heterocycles. The van der Waals surface area contributed by atoms with Crippen molar-refractivity contribution in [3.05, 3.63) is 24.0 Å². The van der Waals surface area contributed by atoms with Gasteiger partial charge in [-0.2, -0.15) is 0 Å². The van der Waals surface area contributed by atoms with Crippen LogP contribution in [0.1, 0.15) is 13.8 Å². The van der Waals surface area contributed by atoms with Crippen molar-refractivity contribution in [2.24, 2.45) is 10.9 Å². The van der Waals surface area contributed by atoms with Gasteiger partial charge in [-0.25, -0.2) is 4.39 Å². The summed E-state index contributed by atoms with van der Waals surface area (Å²) in [6.45, 7) is 5.18. The van der Waals surface area contributed by atoms with Gasteiger partial charge in [-0.15, -0.1) is 0 Å². The summed E-state index contributed by atoms with van der Waals surface area (Å²) in [5.41, 5.74) is 0.669. The first-order valence-corrected chi connectivity index (χ1v) is 6.79. The van der Waals surface area contributed by atoms with Crippen molar-refractivity contribution >= 4 is 22.6 Å². The summed E-state index contributed by atoms with van der Waals surface area (Å²) >= 11 is 1.71. The summed E-state index contributed by atoms with van der Waals surface area (Å²) < 4.78 is 18.4. The van der Waals surface area contributed by atoms with E-state index in [2.05, 4.69) is 24.2 Å². The van der Waals surface area contributed by atoms with E-state index in [1.807, 2.05) is 0 Å². The molecule has 1 aromatic carbocycles. The van der Waals surface area contributed by atoms with Crippen molar-refractivity contribution < 1.29 is 9.13 Å². The van der Waals surface area contributed by atoms with Gasteiger partial charge in [-0.05, 0) is 12.0 Å².